The molecule has 196 valence electrons. The second-order valence-electron chi connectivity index (χ2n) is 10.1. The van der Waals surface area contributed by atoms with E-state index in [2.05, 4.69) is 66.7 Å². The average Bonchev–Trinajstić information content (AvgIpc) is 3.38. The Morgan fingerprint density at radius 1 is 0.476 bits per heavy atom. The molecule has 3 nitrogen and oxygen atoms in total. The zero-order chi connectivity index (χ0) is 28.6. The van der Waals surface area contributed by atoms with Gasteiger partial charge in [0.2, 0.25) is 0 Å². The van der Waals surface area contributed by atoms with Gasteiger partial charge in [0, 0.05) is 16.3 Å². The Morgan fingerprint density at radius 2 is 0.929 bits per heavy atom. The van der Waals surface area contributed by atoms with Crippen LogP contribution in [0.25, 0.3) is 60.9 Å². The van der Waals surface area contributed by atoms with Crippen LogP contribution in [0.3, 0.4) is 0 Å². The predicted octanol–water partition coefficient (Wildman–Crippen LogP) is 9.67. The molecular weight excluding hydrogens is 517 g/mol. The number of halogens is 1. The van der Waals surface area contributed by atoms with Gasteiger partial charge in [-0.25, -0.2) is 4.39 Å². The van der Waals surface area contributed by atoms with E-state index in [4.69, 9.17) is 0 Å². The van der Waals surface area contributed by atoms with E-state index >= 15 is 4.39 Å². The lowest BCUT2D eigenvalue weighted by Crippen LogP contribution is -2.04. The Balaban J connectivity index is 1.62. The summed E-state index contributed by atoms with van der Waals surface area (Å²) in [6.07, 6.45) is 0. The third-order valence-electron chi connectivity index (χ3n) is 7.78. The molecule has 0 aliphatic heterocycles. The highest BCUT2D eigenvalue weighted by Gasteiger charge is 2.23. The van der Waals surface area contributed by atoms with Crippen LogP contribution in [0, 0.1) is 28.5 Å². The summed E-state index contributed by atoms with van der Waals surface area (Å²) in [7, 11) is 0. The first kappa shape index (κ1) is 25.0. The van der Waals surface area contributed by atoms with E-state index < -0.39 is 5.82 Å². The van der Waals surface area contributed by atoms with E-state index in [9.17, 15) is 10.5 Å². The van der Waals surface area contributed by atoms with Crippen LogP contribution in [0.1, 0.15) is 11.1 Å². The number of hydrogen-bond acceptors (Lipinski definition) is 2. The first-order valence-corrected chi connectivity index (χ1v) is 13.6. The molecule has 7 rings (SSSR count). The summed E-state index contributed by atoms with van der Waals surface area (Å²) in [5.41, 5.74) is 7.04. The van der Waals surface area contributed by atoms with Crippen LogP contribution in [-0.4, -0.2) is 4.57 Å². The van der Waals surface area contributed by atoms with Gasteiger partial charge in [0.1, 0.15) is 17.7 Å². The summed E-state index contributed by atoms with van der Waals surface area (Å²) in [4.78, 5) is 0. The fraction of sp³-hybridized carbons (Fsp3) is 0. The van der Waals surface area contributed by atoms with E-state index in [0.717, 1.165) is 44.1 Å². The lowest BCUT2D eigenvalue weighted by molar-refractivity contribution is 0.619. The highest BCUT2D eigenvalue weighted by atomic mass is 19.1. The first-order valence-electron chi connectivity index (χ1n) is 13.6. The van der Waals surface area contributed by atoms with Crippen molar-refractivity contribution in [1.29, 1.82) is 10.5 Å². The fourth-order valence-electron chi connectivity index (χ4n) is 5.77. The van der Waals surface area contributed by atoms with E-state index in [1.807, 2.05) is 77.4 Å². The van der Waals surface area contributed by atoms with Crippen LogP contribution < -0.4 is 0 Å². The smallest absolute Gasteiger partial charge is 0.161 e. The Morgan fingerprint density at radius 3 is 1.38 bits per heavy atom. The highest BCUT2D eigenvalue weighted by Crippen LogP contribution is 2.40. The Bertz CT molecular complexity index is 2110. The minimum Gasteiger partial charge on any atom is -0.308 e. The van der Waals surface area contributed by atoms with Crippen molar-refractivity contribution in [2.24, 2.45) is 0 Å². The van der Waals surface area contributed by atoms with Crippen LogP contribution in [-0.2, 0) is 0 Å². The number of nitrogens with zero attached hydrogens (tertiary/aromatic N) is 3. The molecule has 0 N–H and O–H groups in total. The lowest BCUT2D eigenvalue weighted by Gasteiger charge is -2.16. The van der Waals surface area contributed by atoms with Crippen LogP contribution in [0.2, 0.25) is 0 Å². The molecule has 4 heteroatoms. The molecule has 7 aromatic rings. The largest absolute Gasteiger partial charge is 0.308 e. The lowest BCUT2D eigenvalue weighted by atomic mass is 9.96. The monoisotopic (exact) mass is 539 g/mol. The fourth-order valence-corrected chi connectivity index (χ4v) is 5.77. The Kier molecular flexibility index (Phi) is 6.08. The molecule has 1 heterocycles. The molecule has 42 heavy (non-hydrogen) atoms. The summed E-state index contributed by atoms with van der Waals surface area (Å²) in [5, 5.41) is 22.2. The van der Waals surface area contributed by atoms with Gasteiger partial charge in [0.15, 0.2) is 5.82 Å². The summed E-state index contributed by atoms with van der Waals surface area (Å²) in [6.45, 7) is 0. The van der Waals surface area contributed by atoms with Crippen molar-refractivity contribution in [3.63, 3.8) is 0 Å². The molecule has 0 bridgehead atoms. The molecule has 0 atom stereocenters. The van der Waals surface area contributed by atoms with Gasteiger partial charge in [-0.05, 0) is 46.0 Å². The SMILES string of the molecule is N#Cc1c(-c2ccccc2)cc(-n2c3cc(-c4ccccc4)ccc3c3ccc(-c4ccccc4)cc32)c(C#N)c1F. The molecule has 1 aromatic heterocycles. The molecule has 0 spiro atoms. The molecule has 0 radical (unpaired) electrons. The topological polar surface area (TPSA) is 52.5 Å². The van der Waals surface area contributed by atoms with Crippen molar-refractivity contribution in [3.05, 3.63) is 150 Å². The number of aromatic nitrogens is 1. The molecular formula is C38H22FN3. The van der Waals surface area contributed by atoms with Crippen molar-refractivity contribution in [2.75, 3.05) is 0 Å². The summed E-state index contributed by atoms with van der Waals surface area (Å²) in [5.74, 6) is -0.815. The Hall–Kier alpha value is -5.97. The predicted molar refractivity (Wildman–Crippen MR) is 166 cm³/mol. The molecule has 6 aromatic carbocycles. The van der Waals surface area contributed by atoms with E-state index in [1.54, 1.807) is 6.07 Å². The molecule has 0 aliphatic carbocycles. The van der Waals surface area contributed by atoms with Crippen molar-refractivity contribution in [3.8, 4) is 51.2 Å². The highest BCUT2D eigenvalue weighted by molar-refractivity contribution is 6.11. The van der Waals surface area contributed by atoms with Gasteiger partial charge in [-0.15, -0.1) is 0 Å². The van der Waals surface area contributed by atoms with Crippen LogP contribution >= 0.6 is 0 Å². The number of fused-ring (bicyclic) bond motifs is 3. The summed E-state index contributed by atoms with van der Waals surface area (Å²) in [6, 6.07) is 47.8. The minimum atomic E-state index is -0.815. The van der Waals surface area contributed by atoms with Crippen molar-refractivity contribution < 1.29 is 4.39 Å². The van der Waals surface area contributed by atoms with Gasteiger partial charge >= 0.3 is 0 Å². The third-order valence-corrected chi connectivity index (χ3v) is 7.78. The van der Waals surface area contributed by atoms with Gasteiger partial charge in [0.05, 0.1) is 22.3 Å². The van der Waals surface area contributed by atoms with E-state index in [0.29, 0.717) is 16.8 Å². The zero-order valence-electron chi connectivity index (χ0n) is 22.4. The number of rotatable bonds is 4. The second kappa shape index (κ2) is 10.2. The number of benzene rings is 6. The number of hydrogen-bond donors (Lipinski definition) is 0. The van der Waals surface area contributed by atoms with Crippen molar-refractivity contribution in [1.82, 2.24) is 4.57 Å². The van der Waals surface area contributed by atoms with Gasteiger partial charge in [-0.2, -0.15) is 10.5 Å². The first-order chi connectivity index (χ1) is 20.7. The maximum atomic E-state index is 16.1. The maximum absolute atomic E-state index is 16.1. The summed E-state index contributed by atoms with van der Waals surface area (Å²) < 4.78 is 18.1. The molecule has 0 amide bonds. The van der Waals surface area contributed by atoms with Gasteiger partial charge in [-0.1, -0.05) is 115 Å². The number of nitriles is 2. The molecule has 0 fully saturated rings. The van der Waals surface area contributed by atoms with Crippen LogP contribution in [0.4, 0.5) is 4.39 Å². The Labute approximate surface area is 242 Å². The van der Waals surface area contributed by atoms with E-state index in [1.165, 1.54) is 0 Å². The zero-order valence-corrected chi connectivity index (χ0v) is 22.4. The molecule has 0 saturated heterocycles. The van der Waals surface area contributed by atoms with Crippen molar-refractivity contribution >= 4 is 21.8 Å². The molecule has 0 saturated carbocycles. The minimum absolute atomic E-state index is 0.141. The van der Waals surface area contributed by atoms with E-state index in [-0.39, 0.29) is 11.1 Å². The quantitative estimate of drug-likeness (QED) is 0.224. The van der Waals surface area contributed by atoms with Crippen LogP contribution in [0.5, 0.6) is 0 Å². The second-order valence-corrected chi connectivity index (χ2v) is 10.1. The van der Waals surface area contributed by atoms with Crippen molar-refractivity contribution in [2.45, 2.75) is 0 Å². The standard InChI is InChI=1S/C38H22FN3/c39-38-33(23-40)32(27-14-8-3-9-15-27)22-37(34(38)24-41)42-35-20-28(25-10-4-1-5-11-25)16-18-30(35)31-19-17-29(21-36(31)42)26-12-6-2-7-13-26/h1-22H. The summed E-state index contributed by atoms with van der Waals surface area (Å²) >= 11 is 0. The van der Waals surface area contributed by atoms with Gasteiger partial charge in [-0.3, -0.25) is 0 Å². The molecule has 0 unspecified atom stereocenters. The van der Waals surface area contributed by atoms with Gasteiger partial charge in [0.25, 0.3) is 0 Å². The van der Waals surface area contributed by atoms with Gasteiger partial charge < -0.3 is 4.57 Å². The van der Waals surface area contributed by atoms with Crippen LogP contribution in [0.15, 0.2) is 133 Å². The average molecular weight is 540 g/mol. The third kappa shape index (κ3) is 4.03. The molecule has 0 aliphatic rings. The maximum Gasteiger partial charge on any atom is 0.161 e. The normalized spacial score (nSPS) is 10.9.